The lowest BCUT2D eigenvalue weighted by Crippen LogP contribution is -2.13. The van der Waals surface area contributed by atoms with E-state index in [9.17, 15) is 13.0 Å². The van der Waals surface area contributed by atoms with Gasteiger partial charge in [-0.1, -0.05) is 11.5 Å². The van der Waals surface area contributed by atoms with Crippen LogP contribution in [0.25, 0.3) is 0 Å². The van der Waals surface area contributed by atoms with Crippen LogP contribution in [0, 0.1) is 0 Å². The molecule has 0 saturated carbocycles. The molecule has 0 aromatic carbocycles. The van der Waals surface area contributed by atoms with Crippen LogP contribution in [-0.4, -0.2) is 13.7 Å². The van der Waals surface area contributed by atoms with E-state index in [2.05, 4.69) is 0 Å². The largest absolute Gasteiger partial charge is 0.297 e. The number of hydrogen-bond acceptors (Lipinski definition) is 2. The quantitative estimate of drug-likeness (QED) is 0.558. The predicted molar refractivity (Wildman–Crippen MR) is 29.4 cm³/mol. The summed E-state index contributed by atoms with van der Waals surface area (Å²) < 4.78 is 30.0. The van der Waals surface area contributed by atoms with Gasteiger partial charge in [0.1, 0.15) is 0 Å². The normalized spacial score (nSPS) is 15.9. The fourth-order valence-corrected chi connectivity index (χ4v) is 0.612. The van der Waals surface area contributed by atoms with Crippen LogP contribution >= 0.6 is 0 Å². The van der Waals surface area contributed by atoms with Crippen molar-refractivity contribution in [3.63, 3.8) is 0 Å². The van der Waals surface area contributed by atoms with Crippen LogP contribution in [0.2, 0.25) is 0 Å². The van der Waals surface area contributed by atoms with Gasteiger partial charge in [-0.2, -0.15) is 8.42 Å². The van der Waals surface area contributed by atoms with Crippen molar-refractivity contribution in [2.75, 3.05) is 0 Å². The summed E-state index contributed by atoms with van der Waals surface area (Å²) >= 11 is 0. The Kier molecular flexibility index (Phi) is 2.43. The Bertz CT molecular complexity index is 147. The van der Waals surface area contributed by atoms with Crippen molar-refractivity contribution in [2.24, 2.45) is 0 Å². The molecule has 0 spiro atoms. The predicted octanol–water partition coefficient (Wildman–Crippen LogP) is 0.545. The molecule has 1 unspecified atom stereocenters. The third-order valence-corrected chi connectivity index (χ3v) is 2.39. The molecular weight excluding hydrogens is 128 g/mol. The van der Waals surface area contributed by atoms with Gasteiger partial charge in [-0.05, 0) is 13.3 Å². The highest BCUT2D eigenvalue weighted by Gasteiger charge is 2.15. The molecule has 0 aromatic heterocycles. The summed E-state index contributed by atoms with van der Waals surface area (Å²) in [4.78, 5) is 0. The third-order valence-electron chi connectivity index (χ3n) is 1.07. The zero-order chi connectivity index (χ0) is 6.78. The van der Waals surface area contributed by atoms with Crippen molar-refractivity contribution < 1.29 is 13.0 Å². The molecule has 3 nitrogen and oxygen atoms in total. The number of hydrogen-bond donors (Lipinski definition) is 0. The van der Waals surface area contributed by atoms with E-state index in [0.717, 1.165) is 0 Å². The molecule has 1 atom stereocenters. The molecule has 0 N–H and O–H groups in total. The first kappa shape index (κ1) is 7.91. The highest BCUT2D eigenvalue weighted by molar-refractivity contribution is 7.86. The molecule has 49 valence electrons. The van der Waals surface area contributed by atoms with Crippen molar-refractivity contribution >= 4 is 10.1 Å². The second kappa shape index (κ2) is 2.46. The summed E-state index contributed by atoms with van der Waals surface area (Å²) in [6.07, 6.45) is 0.395. The Morgan fingerprint density at radius 2 is 1.88 bits per heavy atom. The molecule has 0 rings (SSSR count). The first-order chi connectivity index (χ1) is 3.48. The molecule has 0 fully saturated rings. The van der Waals surface area contributed by atoms with Crippen LogP contribution in [0.4, 0.5) is 0 Å². The zero-order valence-electron chi connectivity index (χ0n) is 4.92. The van der Waals surface area contributed by atoms with Crippen LogP contribution < -0.4 is 0 Å². The number of rotatable bonds is 2. The van der Waals surface area contributed by atoms with Gasteiger partial charge in [0, 0.05) is 0 Å². The van der Waals surface area contributed by atoms with Gasteiger partial charge < -0.3 is 0 Å². The lowest BCUT2D eigenvalue weighted by atomic mass is 10.4. The maximum atomic E-state index is 10.0. The average molecular weight is 137 g/mol. The first-order valence-corrected chi connectivity index (χ1v) is 3.90. The topological polar surface area (TPSA) is 54.0 Å². The van der Waals surface area contributed by atoms with Crippen molar-refractivity contribution in [3.8, 4) is 0 Å². The second-order valence-electron chi connectivity index (χ2n) is 1.71. The fourth-order valence-electron chi connectivity index (χ4n) is 0.204. The highest BCUT2D eigenvalue weighted by atomic mass is 32.2. The van der Waals surface area contributed by atoms with E-state index in [0.29, 0.717) is 6.42 Å². The monoisotopic (exact) mass is 137 g/mol. The molecule has 0 amide bonds. The molecule has 0 aromatic rings. The molecule has 4 heteroatoms. The van der Waals surface area contributed by atoms with Gasteiger partial charge >= 0.3 is 0 Å². The molecular formula is C4H9O3S. The van der Waals surface area contributed by atoms with E-state index in [4.69, 9.17) is 0 Å². The zero-order valence-corrected chi connectivity index (χ0v) is 5.73. The molecule has 0 aliphatic rings. The van der Waals surface area contributed by atoms with Crippen molar-refractivity contribution in [3.05, 3.63) is 0 Å². The van der Waals surface area contributed by atoms with Crippen LogP contribution in [0.1, 0.15) is 20.3 Å². The molecule has 0 bridgehead atoms. The summed E-state index contributed by atoms with van der Waals surface area (Å²) in [5.41, 5.74) is 0. The van der Waals surface area contributed by atoms with Crippen molar-refractivity contribution in [1.82, 2.24) is 0 Å². The highest BCUT2D eigenvalue weighted by Crippen LogP contribution is 2.00. The summed E-state index contributed by atoms with van der Waals surface area (Å²) in [5.74, 6) is 0. The van der Waals surface area contributed by atoms with E-state index >= 15 is 0 Å². The third kappa shape index (κ3) is 2.28. The Morgan fingerprint density at radius 3 is 1.88 bits per heavy atom. The maximum Gasteiger partial charge on any atom is 0.297 e. The van der Waals surface area contributed by atoms with E-state index < -0.39 is 15.4 Å². The Morgan fingerprint density at radius 1 is 1.50 bits per heavy atom. The SMILES string of the molecule is CCC(C)S([O])(=O)=O. The van der Waals surface area contributed by atoms with Crippen LogP contribution in [-0.2, 0) is 14.7 Å². The Balaban J connectivity index is 4.04. The minimum Gasteiger partial charge on any atom is -0.197 e. The van der Waals surface area contributed by atoms with E-state index in [1.54, 1.807) is 6.92 Å². The van der Waals surface area contributed by atoms with Gasteiger partial charge in [0.05, 0.1) is 5.25 Å². The molecule has 8 heavy (non-hydrogen) atoms. The smallest absolute Gasteiger partial charge is 0.197 e. The van der Waals surface area contributed by atoms with E-state index in [-0.39, 0.29) is 0 Å². The van der Waals surface area contributed by atoms with Gasteiger partial charge in [0.25, 0.3) is 10.1 Å². The van der Waals surface area contributed by atoms with Crippen LogP contribution in [0.15, 0.2) is 0 Å². The van der Waals surface area contributed by atoms with Crippen molar-refractivity contribution in [2.45, 2.75) is 25.5 Å². The molecule has 0 heterocycles. The Labute approximate surface area is 49.5 Å². The summed E-state index contributed by atoms with van der Waals surface area (Å²) in [6, 6.07) is 0. The van der Waals surface area contributed by atoms with Gasteiger partial charge in [0.2, 0.25) is 0 Å². The average Bonchev–Trinajstić information content (AvgIpc) is 1.62. The van der Waals surface area contributed by atoms with Crippen molar-refractivity contribution in [1.29, 1.82) is 0 Å². The molecule has 0 aliphatic heterocycles. The second-order valence-corrected chi connectivity index (χ2v) is 3.50. The van der Waals surface area contributed by atoms with E-state index in [1.807, 2.05) is 0 Å². The fraction of sp³-hybridized carbons (Fsp3) is 1.00. The molecule has 1 radical (unpaired) electrons. The minimum atomic E-state index is -4.00. The van der Waals surface area contributed by atoms with E-state index in [1.165, 1.54) is 6.92 Å². The summed E-state index contributed by atoms with van der Waals surface area (Å²) in [6.45, 7) is 3.07. The molecule has 0 saturated heterocycles. The van der Waals surface area contributed by atoms with Gasteiger partial charge in [-0.15, -0.1) is 0 Å². The van der Waals surface area contributed by atoms with Gasteiger partial charge in [-0.25, -0.2) is 0 Å². The van der Waals surface area contributed by atoms with Crippen LogP contribution in [0.3, 0.4) is 0 Å². The lowest BCUT2D eigenvalue weighted by molar-refractivity contribution is 0.403. The first-order valence-electron chi connectivity index (χ1n) is 2.43. The standard InChI is InChI=1S/C4H9O3S/c1-3-4(2)8(5,6)7/h4H,3H2,1-2H3. The summed E-state index contributed by atoms with van der Waals surface area (Å²) in [7, 11) is -4.00. The molecule has 0 aliphatic carbocycles. The van der Waals surface area contributed by atoms with Gasteiger partial charge in [-0.3, -0.25) is 0 Å². The van der Waals surface area contributed by atoms with Gasteiger partial charge in [0.15, 0.2) is 0 Å². The summed E-state index contributed by atoms with van der Waals surface area (Å²) in [5, 5.41) is -0.734. The maximum absolute atomic E-state index is 10.0. The minimum absolute atomic E-state index is 0.395. The Hall–Kier alpha value is -0.0900. The van der Waals surface area contributed by atoms with Crippen LogP contribution in [0.5, 0.6) is 0 Å². The lowest BCUT2D eigenvalue weighted by Gasteiger charge is -1.98.